The van der Waals surface area contributed by atoms with Crippen molar-refractivity contribution in [1.29, 1.82) is 0 Å². The van der Waals surface area contributed by atoms with Crippen LogP contribution in [0, 0.1) is 0 Å². The van der Waals surface area contributed by atoms with Crippen molar-refractivity contribution in [2.45, 2.75) is 46.1 Å². The Bertz CT molecular complexity index is 183. The molecule has 0 unspecified atom stereocenters. The first-order valence-electron chi connectivity index (χ1n) is 4.38. The van der Waals surface area contributed by atoms with E-state index in [-0.39, 0.29) is 0 Å². The van der Waals surface area contributed by atoms with Crippen molar-refractivity contribution in [3.05, 3.63) is 23.8 Å². The third-order valence-corrected chi connectivity index (χ3v) is 2.10. The van der Waals surface area contributed by atoms with E-state index in [1.807, 2.05) is 13.8 Å². The van der Waals surface area contributed by atoms with Crippen molar-refractivity contribution in [2.24, 2.45) is 0 Å². The maximum atomic E-state index is 9.78. The lowest BCUT2D eigenvalue weighted by Crippen LogP contribution is -2.24. The molecule has 0 heterocycles. The fourth-order valence-electron chi connectivity index (χ4n) is 0.855. The van der Waals surface area contributed by atoms with E-state index in [4.69, 9.17) is 0 Å². The third-order valence-electron chi connectivity index (χ3n) is 2.10. The van der Waals surface area contributed by atoms with Gasteiger partial charge in [-0.2, -0.15) is 0 Å². The molecule has 12 heavy (non-hydrogen) atoms. The Kier molecular flexibility index (Phi) is 4.25. The van der Waals surface area contributed by atoms with Crippen LogP contribution in [0.5, 0.6) is 0 Å². The van der Waals surface area contributed by atoms with Crippen LogP contribution in [0.25, 0.3) is 0 Å². The summed E-state index contributed by atoms with van der Waals surface area (Å²) in [6, 6.07) is 0. The third kappa shape index (κ3) is 4.35. The maximum absolute atomic E-state index is 9.78. The molecule has 0 aromatic carbocycles. The van der Waals surface area contributed by atoms with Crippen molar-refractivity contribution in [2.75, 3.05) is 0 Å². The Labute approximate surface area is 75.8 Å². The summed E-state index contributed by atoms with van der Waals surface area (Å²) in [4.78, 5) is 0. The fraction of sp³-hybridized carbons (Fsp3) is 0.636. The van der Waals surface area contributed by atoms with Gasteiger partial charge >= 0.3 is 0 Å². The van der Waals surface area contributed by atoms with Crippen molar-refractivity contribution in [3.63, 3.8) is 0 Å². The zero-order valence-corrected chi connectivity index (χ0v) is 8.65. The van der Waals surface area contributed by atoms with Gasteiger partial charge in [0.1, 0.15) is 0 Å². The number of rotatable bonds is 4. The van der Waals surface area contributed by atoms with Crippen LogP contribution < -0.4 is 0 Å². The topological polar surface area (TPSA) is 20.2 Å². The summed E-state index contributed by atoms with van der Waals surface area (Å²) in [5.41, 5.74) is 1.43. The van der Waals surface area contributed by atoms with Crippen LogP contribution in [0.1, 0.15) is 40.5 Å². The van der Waals surface area contributed by atoms with E-state index >= 15 is 0 Å². The molecule has 0 aromatic heterocycles. The van der Waals surface area contributed by atoms with Crippen molar-refractivity contribution in [3.8, 4) is 0 Å². The highest BCUT2D eigenvalue weighted by Crippen LogP contribution is 2.20. The summed E-state index contributed by atoms with van der Waals surface area (Å²) < 4.78 is 0. The van der Waals surface area contributed by atoms with Crippen molar-refractivity contribution >= 4 is 0 Å². The van der Waals surface area contributed by atoms with Gasteiger partial charge in [-0.05, 0) is 46.1 Å². The smallest absolute Gasteiger partial charge is 0.0826 e. The van der Waals surface area contributed by atoms with E-state index in [0.717, 1.165) is 18.4 Å². The average Bonchev–Trinajstić information content (AvgIpc) is 1.85. The minimum atomic E-state index is -0.702. The van der Waals surface area contributed by atoms with Gasteiger partial charge in [0.05, 0.1) is 5.60 Å². The summed E-state index contributed by atoms with van der Waals surface area (Å²) in [6.07, 6.45) is 3.81. The molecule has 0 rings (SSSR count). The Balaban J connectivity index is 3.93. The molecular weight excluding hydrogens is 148 g/mol. The first-order chi connectivity index (χ1) is 5.36. The molecule has 0 saturated heterocycles. The molecule has 1 nitrogen and oxygen atoms in total. The van der Waals surface area contributed by atoms with Gasteiger partial charge in [-0.15, -0.1) is 0 Å². The molecule has 0 fully saturated rings. The van der Waals surface area contributed by atoms with Crippen LogP contribution in [0.2, 0.25) is 0 Å². The van der Waals surface area contributed by atoms with E-state index in [1.165, 1.54) is 5.57 Å². The maximum Gasteiger partial charge on any atom is 0.0826 e. The molecule has 1 heteroatoms. The van der Waals surface area contributed by atoms with Gasteiger partial charge in [-0.1, -0.05) is 18.2 Å². The zero-order valence-electron chi connectivity index (χ0n) is 8.65. The first kappa shape index (κ1) is 11.4. The minimum absolute atomic E-state index is 0.702. The Hall–Kier alpha value is -0.560. The monoisotopic (exact) mass is 168 g/mol. The summed E-state index contributed by atoms with van der Waals surface area (Å²) in [5, 5.41) is 9.78. The minimum Gasteiger partial charge on any atom is -0.386 e. The molecule has 70 valence electrons. The van der Waals surface area contributed by atoms with Crippen LogP contribution in [0.3, 0.4) is 0 Å². The SMILES string of the molecule is C=C(C)[C@@](C)(O)CCC=C(C)C. The molecule has 0 spiro atoms. The number of allylic oxidation sites excluding steroid dienone is 2. The molecule has 0 aliphatic rings. The standard InChI is InChI=1S/C11H20O/c1-9(2)7-6-8-11(5,12)10(3)4/h7,12H,3,6,8H2,1-2,4-5H3/t11-/m0/s1. The average molecular weight is 168 g/mol. The van der Waals surface area contributed by atoms with E-state index in [1.54, 1.807) is 0 Å². The molecular formula is C11H20O. The number of hydrogen-bond acceptors (Lipinski definition) is 1. The molecule has 0 aliphatic heterocycles. The molecule has 0 saturated carbocycles. The second kappa shape index (κ2) is 4.46. The van der Waals surface area contributed by atoms with E-state index in [2.05, 4.69) is 26.5 Å². The number of hydrogen-bond donors (Lipinski definition) is 1. The highest BCUT2D eigenvalue weighted by atomic mass is 16.3. The van der Waals surface area contributed by atoms with Crippen LogP contribution >= 0.6 is 0 Å². The van der Waals surface area contributed by atoms with Crippen molar-refractivity contribution < 1.29 is 5.11 Å². The molecule has 0 radical (unpaired) electrons. The molecule has 0 bridgehead atoms. The Morgan fingerprint density at radius 1 is 1.42 bits per heavy atom. The van der Waals surface area contributed by atoms with Gasteiger partial charge in [-0.3, -0.25) is 0 Å². The highest BCUT2D eigenvalue weighted by Gasteiger charge is 2.19. The van der Waals surface area contributed by atoms with Gasteiger partial charge in [0.15, 0.2) is 0 Å². The summed E-state index contributed by atoms with van der Waals surface area (Å²) in [5.74, 6) is 0. The summed E-state index contributed by atoms with van der Waals surface area (Å²) in [7, 11) is 0. The van der Waals surface area contributed by atoms with Gasteiger partial charge in [0.2, 0.25) is 0 Å². The largest absolute Gasteiger partial charge is 0.386 e. The van der Waals surface area contributed by atoms with Gasteiger partial charge in [0, 0.05) is 0 Å². The molecule has 0 aromatic rings. The summed E-state index contributed by atoms with van der Waals surface area (Å²) in [6.45, 7) is 11.6. The van der Waals surface area contributed by atoms with E-state index in [9.17, 15) is 5.11 Å². The fourth-order valence-corrected chi connectivity index (χ4v) is 0.855. The van der Waals surface area contributed by atoms with Crippen LogP contribution in [-0.2, 0) is 0 Å². The molecule has 0 aliphatic carbocycles. The van der Waals surface area contributed by atoms with Crippen LogP contribution in [0.4, 0.5) is 0 Å². The predicted molar refractivity (Wildman–Crippen MR) is 54.1 cm³/mol. The summed E-state index contributed by atoms with van der Waals surface area (Å²) >= 11 is 0. The molecule has 1 atom stereocenters. The van der Waals surface area contributed by atoms with E-state index in [0.29, 0.717) is 0 Å². The number of aliphatic hydroxyl groups is 1. The Morgan fingerprint density at radius 2 is 1.92 bits per heavy atom. The molecule has 1 N–H and O–H groups in total. The van der Waals surface area contributed by atoms with Crippen LogP contribution in [0.15, 0.2) is 23.8 Å². The lowest BCUT2D eigenvalue weighted by atomic mass is 9.93. The Morgan fingerprint density at radius 3 is 2.25 bits per heavy atom. The quantitative estimate of drug-likeness (QED) is 0.640. The van der Waals surface area contributed by atoms with E-state index < -0.39 is 5.60 Å². The highest BCUT2D eigenvalue weighted by molar-refractivity contribution is 5.07. The molecule has 0 amide bonds. The normalized spacial score (nSPS) is 15.1. The predicted octanol–water partition coefficient (Wildman–Crippen LogP) is 3.06. The van der Waals surface area contributed by atoms with Gasteiger partial charge < -0.3 is 5.11 Å². The first-order valence-corrected chi connectivity index (χ1v) is 4.38. The lowest BCUT2D eigenvalue weighted by molar-refractivity contribution is 0.0906. The second-order valence-corrected chi connectivity index (χ2v) is 3.87. The second-order valence-electron chi connectivity index (χ2n) is 3.87. The zero-order chi connectivity index (χ0) is 9.78. The van der Waals surface area contributed by atoms with Crippen LogP contribution in [-0.4, -0.2) is 10.7 Å². The van der Waals surface area contributed by atoms with Gasteiger partial charge in [-0.25, -0.2) is 0 Å². The van der Waals surface area contributed by atoms with Crippen molar-refractivity contribution in [1.82, 2.24) is 0 Å². The van der Waals surface area contributed by atoms with Gasteiger partial charge in [0.25, 0.3) is 0 Å². The lowest BCUT2D eigenvalue weighted by Gasteiger charge is -2.22.